The molecule has 0 aromatic heterocycles. The van der Waals surface area contributed by atoms with E-state index in [0.29, 0.717) is 12.2 Å². The van der Waals surface area contributed by atoms with E-state index in [1.807, 2.05) is 0 Å². The van der Waals surface area contributed by atoms with Crippen LogP contribution in [0.3, 0.4) is 0 Å². The highest BCUT2D eigenvalue weighted by atomic mass is 16.5. The number of nitrogens with one attached hydrogen (secondary N) is 1. The molecule has 0 radical (unpaired) electrons. The minimum Gasteiger partial charge on any atom is -0.372 e. The Morgan fingerprint density at radius 2 is 2.00 bits per heavy atom. The third-order valence-corrected chi connectivity index (χ3v) is 2.30. The van der Waals surface area contributed by atoms with Crippen LogP contribution in [0.15, 0.2) is 0 Å². The Morgan fingerprint density at radius 3 is 2.40 bits per heavy atom. The van der Waals surface area contributed by atoms with Gasteiger partial charge in [-0.1, -0.05) is 0 Å². The van der Waals surface area contributed by atoms with Gasteiger partial charge in [0.25, 0.3) is 0 Å². The van der Waals surface area contributed by atoms with Crippen LogP contribution in [0.25, 0.3) is 0 Å². The molecule has 2 heteroatoms. The van der Waals surface area contributed by atoms with Gasteiger partial charge in [0.1, 0.15) is 0 Å². The van der Waals surface area contributed by atoms with Gasteiger partial charge in [-0.15, -0.1) is 0 Å². The molecule has 1 fully saturated rings. The van der Waals surface area contributed by atoms with Gasteiger partial charge < -0.3 is 10.1 Å². The maximum absolute atomic E-state index is 5.64. The molecule has 2 atom stereocenters. The summed E-state index contributed by atoms with van der Waals surface area (Å²) < 4.78 is 5.64. The van der Waals surface area contributed by atoms with Gasteiger partial charge in [0.05, 0.1) is 12.2 Å². The van der Waals surface area contributed by atoms with Crippen molar-refractivity contribution in [3.05, 3.63) is 0 Å². The van der Waals surface area contributed by atoms with Crippen LogP contribution in [0.5, 0.6) is 0 Å². The Kier molecular flexibility index (Phi) is 2.02. The Morgan fingerprint density at radius 1 is 1.40 bits per heavy atom. The lowest BCUT2D eigenvalue weighted by atomic mass is 9.96. The molecule has 0 amide bonds. The van der Waals surface area contributed by atoms with Crippen molar-refractivity contribution in [1.82, 2.24) is 5.32 Å². The number of morpholine rings is 1. The van der Waals surface area contributed by atoms with Gasteiger partial charge in [0.15, 0.2) is 0 Å². The lowest BCUT2D eigenvalue weighted by molar-refractivity contribution is -0.0712. The van der Waals surface area contributed by atoms with E-state index in [1.165, 1.54) is 0 Å². The summed E-state index contributed by atoms with van der Waals surface area (Å²) in [6.45, 7) is 9.52. The van der Waals surface area contributed by atoms with E-state index in [-0.39, 0.29) is 5.54 Å². The zero-order valence-electron chi connectivity index (χ0n) is 7.27. The Labute approximate surface area is 63.0 Å². The quantitative estimate of drug-likeness (QED) is 0.549. The van der Waals surface area contributed by atoms with Gasteiger partial charge in [-0.05, 0) is 27.7 Å². The summed E-state index contributed by atoms with van der Waals surface area (Å²) >= 11 is 0. The highest BCUT2D eigenvalue weighted by molar-refractivity contribution is 4.89. The van der Waals surface area contributed by atoms with Crippen LogP contribution < -0.4 is 5.32 Å². The summed E-state index contributed by atoms with van der Waals surface area (Å²) in [5.41, 5.74) is 0.145. The summed E-state index contributed by atoms with van der Waals surface area (Å²) in [7, 11) is 0. The van der Waals surface area contributed by atoms with Crippen LogP contribution in [0.2, 0.25) is 0 Å². The Hall–Kier alpha value is -0.0800. The third kappa shape index (κ3) is 1.50. The van der Waals surface area contributed by atoms with E-state index < -0.39 is 0 Å². The smallest absolute Gasteiger partial charge is 0.0727 e. The van der Waals surface area contributed by atoms with Gasteiger partial charge in [-0.2, -0.15) is 0 Å². The molecule has 0 aliphatic carbocycles. The number of ether oxygens (including phenoxy) is 1. The molecular weight excluding hydrogens is 126 g/mol. The van der Waals surface area contributed by atoms with Crippen molar-refractivity contribution in [3.8, 4) is 0 Å². The molecule has 0 bridgehead atoms. The minimum absolute atomic E-state index is 0.145. The van der Waals surface area contributed by atoms with Crippen molar-refractivity contribution in [3.63, 3.8) is 0 Å². The summed E-state index contributed by atoms with van der Waals surface area (Å²) in [5, 5.41) is 3.43. The molecule has 10 heavy (non-hydrogen) atoms. The number of hydrogen-bond acceptors (Lipinski definition) is 2. The van der Waals surface area contributed by atoms with E-state index in [9.17, 15) is 0 Å². The largest absolute Gasteiger partial charge is 0.372 e. The van der Waals surface area contributed by atoms with Crippen molar-refractivity contribution in [2.45, 2.75) is 45.4 Å². The first-order valence-corrected chi connectivity index (χ1v) is 3.93. The molecule has 0 spiro atoms. The summed E-state index contributed by atoms with van der Waals surface area (Å²) in [5.74, 6) is 0. The molecule has 1 aliphatic heterocycles. The second kappa shape index (κ2) is 2.51. The van der Waals surface area contributed by atoms with Crippen molar-refractivity contribution in [2.24, 2.45) is 0 Å². The average molecular weight is 143 g/mol. The van der Waals surface area contributed by atoms with Gasteiger partial charge in [0, 0.05) is 12.1 Å². The van der Waals surface area contributed by atoms with Crippen LogP contribution >= 0.6 is 0 Å². The molecule has 0 saturated carbocycles. The molecule has 2 unspecified atom stereocenters. The fourth-order valence-electron chi connectivity index (χ4n) is 1.12. The van der Waals surface area contributed by atoms with Gasteiger partial charge in [-0.25, -0.2) is 0 Å². The molecule has 1 aliphatic rings. The standard InChI is InChI=1S/C8H17NO/c1-6-5-9-8(3,4)7(2)10-6/h6-7,9H,5H2,1-4H3. The van der Waals surface area contributed by atoms with E-state index in [2.05, 4.69) is 33.0 Å². The molecule has 2 nitrogen and oxygen atoms in total. The molecule has 1 rings (SSSR count). The molecule has 60 valence electrons. The van der Waals surface area contributed by atoms with E-state index >= 15 is 0 Å². The predicted molar refractivity (Wildman–Crippen MR) is 42.1 cm³/mol. The number of rotatable bonds is 0. The topological polar surface area (TPSA) is 21.3 Å². The van der Waals surface area contributed by atoms with Crippen molar-refractivity contribution in [2.75, 3.05) is 6.54 Å². The summed E-state index contributed by atoms with van der Waals surface area (Å²) in [6.07, 6.45) is 0.680. The summed E-state index contributed by atoms with van der Waals surface area (Å²) in [6, 6.07) is 0. The van der Waals surface area contributed by atoms with E-state index in [4.69, 9.17) is 4.74 Å². The molecule has 0 aromatic rings. The third-order valence-electron chi connectivity index (χ3n) is 2.30. The molecule has 1 saturated heterocycles. The molecule has 1 heterocycles. The lowest BCUT2D eigenvalue weighted by Gasteiger charge is -2.40. The SMILES string of the molecule is CC1CNC(C)(C)C(C)O1. The monoisotopic (exact) mass is 143 g/mol. The number of hydrogen-bond donors (Lipinski definition) is 1. The first kappa shape index (κ1) is 8.02. The van der Waals surface area contributed by atoms with Crippen LogP contribution in [0.4, 0.5) is 0 Å². The normalized spacial score (nSPS) is 39.6. The zero-order valence-corrected chi connectivity index (χ0v) is 7.27. The van der Waals surface area contributed by atoms with E-state index in [1.54, 1.807) is 0 Å². The average Bonchev–Trinajstić information content (AvgIpc) is 1.81. The highest BCUT2D eigenvalue weighted by Gasteiger charge is 2.31. The Bertz CT molecular complexity index is 122. The zero-order chi connectivity index (χ0) is 7.78. The maximum Gasteiger partial charge on any atom is 0.0727 e. The van der Waals surface area contributed by atoms with Crippen LogP contribution in [-0.2, 0) is 4.74 Å². The van der Waals surface area contributed by atoms with Gasteiger partial charge >= 0.3 is 0 Å². The fraction of sp³-hybridized carbons (Fsp3) is 1.00. The fourth-order valence-corrected chi connectivity index (χ4v) is 1.12. The van der Waals surface area contributed by atoms with Crippen molar-refractivity contribution < 1.29 is 4.74 Å². The van der Waals surface area contributed by atoms with E-state index in [0.717, 1.165) is 6.54 Å². The second-order valence-electron chi connectivity index (χ2n) is 3.69. The first-order chi connectivity index (χ1) is 4.52. The highest BCUT2D eigenvalue weighted by Crippen LogP contribution is 2.18. The van der Waals surface area contributed by atoms with Gasteiger partial charge in [0.2, 0.25) is 0 Å². The van der Waals surface area contributed by atoms with Crippen molar-refractivity contribution >= 4 is 0 Å². The molecule has 0 aromatic carbocycles. The summed E-state index contributed by atoms with van der Waals surface area (Å²) in [4.78, 5) is 0. The maximum atomic E-state index is 5.64. The first-order valence-electron chi connectivity index (χ1n) is 3.93. The Balaban J connectivity index is 2.52. The van der Waals surface area contributed by atoms with Crippen molar-refractivity contribution in [1.29, 1.82) is 0 Å². The minimum atomic E-state index is 0.145. The molecular formula is C8H17NO. The van der Waals surface area contributed by atoms with Crippen LogP contribution in [0.1, 0.15) is 27.7 Å². The lowest BCUT2D eigenvalue weighted by Crippen LogP contribution is -2.57. The van der Waals surface area contributed by atoms with Crippen LogP contribution in [-0.4, -0.2) is 24.3 Å². The second-order valence-corrected chi connectivity index (χ2v) is 3.69. The van der Waals surface area contributed by atoms with Gasteiger partial charge in [-0.3, -0.25) is 0 Å². The van der Waals surface area contributed by atoms with Crippen LogP contribution in [0, 0.1) is 0 Å². The predicted octanol–water partition coefficient (Wildman–Crippen LogP) is 1.16. The molecule has 1 N–H and O–H groups in total.